The molecule has 1 nitrogen and oxygen atoms in total. The molecule has 5 aromatic carbocycles. The second-order valence-electron chi connectivity index (χ2n) is 12.2. The van der Waals surface area contributed by atoms with Crippen LogP contribution in [0.3, 0.4) is 0 Å². The standard InChI is InChI=1S/C24BF20.C11H15OS/c26-5-1(6(27)14(35)21(42)13(5)34)25(2-7(28)15(36)22(43)16(37)8(2)29,3-9(30)17(38)23(44)18(39)10(3)31)4-11(32)19(40)24(45)20(41)12(4)33;1-9(12)11-6-4-10(5-7-11)8-13(2)3/h;4-7H,8H2,1-3H3/q-1;+1. The Balaban J connectivity index is 0.000000486. The summed E-state index contributed by atoms with van der Waals surface area (Å²) >= 11 is 0. The maximum atomic E-state index is 15.4. The number of benzene rings is 5. The first-order valence-electron chi connectivity index (χ1n) is 15.2. The average molecular weight is 874 g/mol. The van der Waals surface area contributed by atoms with E-state index in [2.05, 4.69) is 12.5 Å². The van der Waals surface area contributed by atoms with Crippen molar-refractivity contribution in [2.75, 3.05) is 12.5 Å². The van der Waals surface area contributed by atoms with E-state index in [9.17, 15) is 57.5 Å². The molecule has 5 rings (SSSR count). The van der Waals surface area contributed by atoms with Crippen LogP contribution < -0.4 is 21.9 Å². The molecule has 0 saturated carbocycles. The highest BCUT2D eigenvalue weighted by Gasteiger charge is 2.52. The van der Waals surface area contributed by atoms with E-state index >= 15 is 35.1 Å². The highest BCUT2D eigenvalue weighted by atomic mass is 32.2. The van der Waals surface area contributed by atoms with E-state index in [1.165, 1.54) is 5.56 Å². The van der Waals surface area contributed by atoms with Gasteiger partial charge in [-0.2, -0.15) is 0 Å². The Hall–Kier alpha value is -5.22. The summed E-state index contributed by atoms with van der Waals surface area (Å²) < 4.78 is 294. The lowest BCUT2D eigenvalue weighted by Crippen LogP contribution is -2.81. The summed E-state index contributed by atoms with van der Waals surface area (Å²) in [7, 11) is 0.431. The van der Waals surface area contributed by atoms with Gasteiger partial charge < -0.3 is 0 Å². The number of rotatable bonds is 7. The van der Waals surface area contributed by atoms with Gasteiger partial charge in [-0.05, 0) is 17.8 Å². The zero-order chi connectivity index (χ0) is 44.2. The van der Waals surface area contributed by atoms with Gasteiger partial charge in [-0.25, -0.2) is 87.8 Å². The normalized spacial score (nSPS) is 11.7. The van der Waals surface area contributed by atoms with Crippen LogP contribution in [-0.4, -0.2) is 24.4 Å². The van der Waals surface area contributed by atoms with Gasteiger partial charge in [0.2, 0.25) is 0 Å². The van der Waals surface area contributed by atoms with Crippen LogP contribution in [0.1, 0.15) is 22.8 Å². The lowest BCUT2D eigenvalue weighted by atomic mass is 9.12. The van der Waals surface area contributed by atoms with Crippen LogP contribution >= 0.6 is 0 Å². The first-order valence-corrected chi connectivity index (χ1v) is 17.4. The molecular weight excluding hydrogens is 859 g/mol. The monoisotopic (exact) mass is 874 g/mol. The molecule has 0 aliphatic rings. The predicted molar refractivity (Wildman–Crippen MR) is 169 cm³/mol. The van der Waals surface area contributed by atoms with Crippen molar-refractivity contribution in [1.29, 1.82) is 0 Å². The molecule has 0 N–H and O–H groups in total. The van der Waals surface area contributed by atoms with Crippen LogP contribution in [0.4, 0.5) is 87.8 Å². The maximum Gasteiger partial charge on any atom is 0.200 e. The highest BCUT2D eigenvalue weighted by Crippen LogP contribution is 2.30. The molecule has 0 amide bonds. The number of halogens is 20. The molecule has 23 heteroatoms. The van der Waals surface area contributed by atoms with Crippen molar-refractivity contribution in [3.63, 3.8) is 0 Å². The van der Waals surface area contributed by atoms with Gasteiger partial charge in [0.05, 0.1) is 12.5 Å². The first-order chi connectivity index (χ1) is 26.8. The van der Waals surface area contributed by atoms with E-state index in [1.54, 1.807) is 6.92 Å². The van der Waals surface area contributed by atoms with Crippen molar-refractivity contribution >= 4 is 44.7 Å². The summed E-state index contributed by atoms with van der Waals surface area (Å²) in [6.45, 7) is 1.60. The van der Waals surface area contributed by atoms with Crippen molar-refractivity contribution < 1.29 is 92.6 Å². The minimum atomic E-state index is -7.22. The average Bonchev–Trinajstić information content (AvgIpc) is 3.18. The van der Waals surface area contributed by atoms with Gasteiger partial charge in [0.15, 0.2) is 75.6 Å². The van der Waals surface area contributed by atoms with Gasteiger partial charge in [-0.15, -0.1) is 21.9 Å². The summed E-state index contributed by atoms with van der Waals surface area (Å²) in [6, 6.07) is 7.91. The Bertz CT molecular complexity index is 2110. The largest absolute Gasteiger partial charge is 0.295 e. The van der Waals surface area contributed by atoms with E-state index in [0.29, 0.717) is 10.9 Å². The van der Waals surface area contributed by atoms with E-state index < -0.39 is 144 Å². The van der Waals surface area contributed by atoms with Crippen molar-refractivity contribution in [2.24, 2.45) is 0 Å². The molecule has 0 aliphatic carbocycles. The van der Waals surface area contributed by atoms with Crippen LogP contribution in [0.2, 0.25) is 0 Å². The van der Waals surface area contributed by atoms with Crippen LogP contribution in [-0.2, 0) is 16.6 Å². The summed E-state index contributed by atoms with van der Waals surface area (Å²) in [4.78, 5) is 11.0. The van der Waals surface area contributed by atoms with Crippen molar-refractivity contribution in [2.45, 2.75) is 12.7 Å². The number of hydrogen-bond donors (Lipinski definition) is 0. The molecule has 0 atom stereocenters. The van der Waals surface area contributed by atoms with Crippen LogP contribution in [0, 0.1) is 116 Å². The Morgan fingerprint density at radius 3 is 0.741 bits per heavy atom. The molecule has 58 heavy (non-hydrogen) atoms. The molecular formula is C35H15BF20OS. The van der Waals surface area contributed by atoms with Gasteiger partial charge in [0, 0.05) is 11.1 Å². The van der Waals surface area contributed by atoms with Crippen molar-refractivity contribution in [1.82, 2.24) is 0 Å². The van der Waals surface area contributed by atoms with Crippen LogP contribution in [0.5, 0.6) is 0 Å². The van der Waals surface area contributed by atoms with Gasteiger partial charge in [0.25, 0.3) is 0 Å². The van der Waals surface area contributed by atoms with Crippen LogP contribution in [0.25, 0.3) is 0 Å². The second kappa shape index (κ2) is 16.6. The third kappa shape index (κ3) is 7.14. The molecule has 0 spiro atoms. The Kier molecular flexibility index (Phi) is 13.0. The Labute approximate surface area is 314 Å². The Morgan fingerprint density at radius 1 is 0.379 bits per heavy atom. The summed E-state index contributed by atoms with van der Waals surface area (Å²) in [5.41, 5.74) is -12.2. The molecule has 0 unspecified atom stereocenters. The fourth-order valence-corrected chi connectivity index (χ4v) is 6.90. The molecule has 0 aromatic heterocycles. The van der Waals surface area contributed by atoms with E-state index in [1.807, 2.05) is 24.3 Å². The van der Waals surface area contributed by atoms with Gasteiger partial charge in [-0.1, -0.05) is 24.3 Å². The van der Waals surface area contributed by atoms with Crippen molar-refractivity contribution in [3.8, 4) is 0 Å². The maximum absolute atomic E-state index is 15.4. The number of Topliss-reactive ketones (excluding diaryl/α,β-unsaturated/α-hetero) is 1. The number of ketones is 1. The van der Waals surface area contributed by atoms with E-state index in [0.717, 1.165) is 11.3 Å². The quantitative estimate of drug-likeness (QED) is 0.0404. The predicted octanol–water partition coefficient (Wildman–Crippen LogP) is 8.11. The van der Waals surface area contributed by atoms with Crippen LogP contribution in [0.15, 0.2) is 24.3 Å². The van der Waals surface area contributed by atoms with E-state index in [-0.39, 0.29) is 5.78 Å². The molecule has 0 radical (unpaired) electrons. The number of carbonyl (C=O) groups excluding carboxylic acids is 1. The smallest absolute Gasteiger partial charge is 0.200 e. The molecule has 0 fully saturated rings. The number of carbonyl (C=O) groups is 1. The van der Waals surface area contributed by atoms with Gasteiger partial charge in [-0.3, -0.25) is 4.79 Å². The summed E-state index contributed by atoms with van der Waals surface area (Å²) in [6.07, 6.45) is -2.77. The molecule has 0 saturated heterocycles. The zero-order valence-electron chi connectivity index (χ0n) is 28.5. The second-order valence-corrected chi connectivity index (χ2v) is 14.4. The fraction of sp³-hybridized carbons (Fsp3) is 0.114. The van der Waals surface area contributed by atoms with Crippen molar-refractivity contribution in [3.05, 3.63) is 152 Å². The lowest BCUT2D eigenvalue weighted by Gasteiger charge is -2.44. The SMILES string of the molecule is CC(=O)c1ccc(C[S+](C)C)cc1.Fc1c(F)c(F)c([B-](c2c(F)c(F)c(F)c(F)c2F)(c2c(F)c(F)c(F)c(F)c2F)c2c(F)c(F)c(F)c(F)c2F)c(F)c1F. The fourth-order valence-electron chi connectivity index (χ4n) is 6.04. The molecule has 0 bridgehead atoms. The first kappa shape index (κ1) is 45.5. The Morgan fingerprint density at radius 2 is 0.569 bits per heavy atom. The minimum Gasteiger partial charge on any atom is -0.295 e. The van der Waals surface area contributed by atoms with E-state index in [4.69, 9.17) is 0 Å². The third-order valence-corrected chi connectivity index (χ3v) is 9.43. The van der Waals surface area contributed by atoms with Gasteiger partial charge in [0.1, 0.15) is 58.4 Å². The highest BCUT2D eigenvalue weighted by molar-refractivity contribution is 7.94. The summed E-state index contributed by atoms with van der Waals surface area (Å²) in [5.74, 6) is -70.2. The third-order valence-electron chi connectivity index (χ3n) is 8.52. The minimum absolute atomic E-state index is 0.138. The molecule has 5 aromatic rings. The van der Waals surface area contributed by atoms with Gasteiger partial charge >= 0.3 is 0 Å². The number of hydrogen-bond acceptors (Lipinski definition) is 1. The molecule has 0 heterocycles. The zero-order valence-corrected chi connectivity index (χ0v) is 29.3. The lowest BCUT2D eigenvalue weighted by molar-refractivity contribution is 0.101. The summed E-state index contributed by atoms with van der Waals surface area (Å²) in [5, 5.41) is 0. The topological polar surface area (TPSA) is 17.1 Å². The molecule has 0 aliphatic heterocycles. The molecule has 310 valence electrons.